The van der Waals surface area contributed by atoms with Gasteiger partial charge in [-0.1, -0.05) is 42.2 Å². The summed E-state index contributed by atoms with van der Waals surface area (Å²) >= 11 is 11.8. The Bertz CT molecular complexity index is 1280. The highest BCUT2D eigenvalue weighted by Crippen LogP contribution is 2.38. The summed E-state index contributed by atoms with van der Waals surface area (Å²) in [5.74, 6) is -1.41. The molecule has 0 atom stereocenters. The Hall–Kier alpha value is -3.02. The lowest BCUT2D eigenvalue weighted by molar-refractivity contribution is -0.137. The first-order valence-corrected chi connectivity index (χ1v) is 10.6. The average Bonchev–Trinajstić information content (AvgIpc) is 3.04. The molecule has 1 amide bonds. The second-order valence-electron chi connectivity index (χ2n) is 6.53. The summed E-state index contributed by atoms with van der Waals surface area (Å²) in [5.41, 5.74) is -0.256. The van der Waals surface area contributed by atoms with E-state index in [0.29, 0.717) is 5.56 Å². The number of hydrogen-bond donors (Lipinski definition) is 0. The highest BCUT2D eigenvalue weighted by Gasteiger charge is 2.36. The molecule has 0 unspecified atom stereocenters. The Morgan fingerprint density at radius 2 is 1.88 bits per heavy atom. The van der Waals surface area contributed by atoms with Gasteiger partial charge >= 0.3 is 6.18 Å². The SMILES string of the molecule is O=C1/C(=C\c2ccc(Oc3nc(Cl)ncc3F)cc2)SC(=S)N1c1cccc(C(F)(F)F)c1. The number of nitrogens with zero attached hydrogens (tertiary/aromatic N) is 3. The van der Waals surface area contributed by atoms with Crippen LogP contribution in [-0.4, -0.2) is 20.2 Å². The van der Waals surface area contributed by atoms with Gasteiger partial charge in [-0.15, -0.1) is 0 Å². The van der Waals surface area contributed by atoms with Gasteiger partial charge in [0.05, 0.1) is 22.4 Å². The first-order chi connectivity index (χ1) is 15.6. The molecule has 0 aliphatic carbocycles. The van der Waals surface area contributed by atoms with Crippen molar-refractivity contribution in [1.29, 1.82) is 0 Å². The molecule has 12 heteroatoms. The summed E-state index contributed by atoms with van der Waals surface area (Å²) in [6.07, 6.45) is -2.12. The van der Waals surface area contributed by atoms with Crippen molar-refractivity contribution in [3.8, 4) is 11.6 Å². The second kappa shape index (κ2) is 9.08. The molecule has 1 fully saturated rings. The highest BCUT2D eigenvalue weighted by molar-refractivity contribution is 8.27. The first kappa shape index (κ1) is 23.1. The van der Waals surface area contributed by atoms with Gasteiger partial charge in [-0.25, -0.2) is 4.98 Å². The maximum Gasteiger partial charge on any atom is 0.416 e. The smallest absolute Gasteiger partial charge is 0.416 e. The van der Waals surface area contributed by atoms with Crippen molar-refractivity contribution >= 4 is 57.6 Å². The van der Waals surface area contributed by atoms with E-state index >= 15 is 0 Å². The van der Waals surface area contributed by atoms with E-state index in [0.717, 1.165) is 35.0 Å². The molecule has 0 spiro atoms. The lowest BCUT2D eigenvalue weighted by Crippen LogP contribution is -2.27. The predicted octanol–water partition coefficient (Wildman–Crippen LogP) is 6.49. The number of halogens is 5. The van der Waals surface area contributed by atoms with Crippen molar-refractivity contribution in [3.63, 3.8) is 0 Å². The largest absolute Gasteiger partial charge is 0.436 e. The van der Waals surface area contributed by atoms with E-state index in [1.54, 1.807) is 18.2 Å². The predicted molar refractivity (Wildman–Crippen MR) is 121 cm³/mol. The molecule has 0 N–H and O–H groups in total. The van der Waals surface area contributed by atoms with Crippen molar-refractivity contribution in [2.45, 2.75) is 6.18 Å². The van der Waals surface area contributed by atoms with E-state index < -0.39 is 23.5 Å². The number of anilines is 1. The van der Waals surface area contributed by atoms with Crippen molar-refractivity contribution in [1.82, 2.24) is 9.97 Å². The zero-order valence-corrected chi connectivity index (χ0v) is 18.5. The van der Waals surface area contributed by atoms with Crippen LogP contribution in [0.5, 0.6) is 11.6 Å². The minimum atomic E-state index is -4.55. The van der Waals surface area contributed by atoms with Gasteiger partial charge < -0.3 is 4.74 Å². The maximum atomic E-state index is 13.7. The minimum Gasteiger partial charge on any atom is -0.436 e. The van der Waals surface area contributed by atoms with Crippen LogP contribution in [0.3, 0.4) is 0 Å². The molecule has 0 radical (unpaired) electrons. The lowest BCUT2D eigenvalue weighted by atomic mass is 10.1. The van der Waals surface area contributed by atoms with Gasteiger partial charge in [0, 0.05) is 0 Å². The van der Waals surface area contributed by atoms with Gasteiger partial charge in [0.2, 0.25) is 11.1 Å². The fourth-order valence-corrected chi connectivity index (χ4v) is 4.23. The zero-order valence-electron chi connectivity index (χ0n) is 16.1. The fourth-order valence-electron chi connectivity index (χ4n) is 2.81. The Labute approximate surface area is 199 Å². The summed E-state index contributed by atoms with van der Waals surface area (Å²) in [5, 5.41) is -0.175. The molecule has 2 aromatic carbocycles. The summed E-state index contributed by atoms with van der Waals surface area (Å²) in [4.78, 5) is 21.3. The van der Waals surface area contributed by atoms with Crippen molar-refractivity contribution in [3.05, 3.63) is 81.9 Å². The number of rotatable bonds is 4. The number of amides is 1. The van der Waals surface area contributed by atoms with Crippen LogP contribution in [0.2, 0.25) is 5.28 Å². The third-order valence-corrected chi connectivity index (χ3v) is 5.78. The van der Waals surface area contributed by atoms with Crippen LogP contribution in [0.25, 0.3) is 6.08 Å². The van der Waals surface area contributed by atoms with Gasteiger partial charge in [-0.05, 0) is 53.6 Å². The molecular formula is C21H10ClF4N3O2S2. The number of ether oxygens (including phenoxy) is 1. The van der Waals surface area contributed by atoms with E-state index in [4.69, 9.17) is 28.6 Å². The quantitative estimate of drug-likeness (QED) is 0.173. The minimum absolute atomic E-state index is 0.0324. The van der Waals surface area contributed by atoms with Gasteiger partial charge in [0.1, 0.15) is 5.75 Å². The third kappa shape index (κ3) is 5.15. The molecule has 0 bridgehead atoms. The number of benzene rings is 2. The standard InChI is InChI=1S/C21H10ClF4N3O2S2/c22-19-27-10-15(23)17(28-19)31-14-6-4-11(5-7-14)8-16-18(30)29(20(32)33-16)13-3-1-2-12(9-13)21(24,25)26/h1-10H/b16-8+. The number of carbonyl (C=O) groups excluding carboxylic acids is 1. The first-order valence-electron chi connectivity index (χ1n) is 9.03. The lowest BCUT2D eigenvalue weighted by Gasteiger charge is -2.16. The number of carbonyl (C=O) groups is 1. The number of thiocarbonyl (C=S) groups is 1. The van der Waals surface area contributed by atoms with E-state index in [1.165, 1.54) is 24.3 Å². The van der Waals surface area contributed by atoms with Crippen molar-refractivity contribution in [2.24, 2.45) is 0 Å². The maximum absolute atomic E-state index is 13.7. The van der Waals surface area contributed by atoms with Crippen LogP contribution in [0.1, 0.15) is 11.1 Å². The normalized spacial score (nSPS) is 15.4. The zero-order chi connectivity index (χ0) is 23.8. The fraction of sp³-hybridized carbons (Fsp3) is 0.0476. The molecule has 4 rings (SSSR count). The topological polar surface area (TPSA) is 55.3 Å². The number of thioether (sulfide) groups is 1. The van der Waals surface area contributed by atoms with E-state index in [9.17, 15) is 22.4 Å². The van der Waals surface area contributed by atoms with Crippen LogP contribution >= 0.6 is 35.6 Å². The number of hydrogen-bond acceptors (Lipinski definition) is 6. The second-order valence-corrected chi connectivity index (χ2v) is 8.54. The Morgan fingerprint density at radius 3 is 2.58 bits per heavy atom. The van der Waals surface area contributed by atoms with Crippen LogP contribution in [0, 0.1) is 5.82 Å². The molecule has 33 heavy (non-hydrogen) atoms. The summed E-state index contributed by atoms with van der Waals surface area (Å²) in [7, 11) is 0. The average molecular weight is 512 g/mol. The third-order valence-electron chi connectivity index (χ3n) is 4.30. The van der Waals surface area contributed by atoms with Gasteiger partial charge in [-0.3, -0.25) is 9.69 Å². The monoisotopic (exact) mass is 511 g/mol. The molecule has 168 valence electrons. The van der Waals surface area contributed by atoms with Crippen molar-refractivity contribution in [2.75, 3.05) is 4.90 Å². The molecule has 2 heterocycles. The van der Waals surface area contributed by atoms with Crippen LogP contribution in [0.4, 0.5) is 23.2 Å². The van der Waals surface area contributed by atoms with E-state index in [1.807, 2.05) is 0 Å². The molecule has 1 aromatic heterocycles. The molecule has 1 saturated heterocycles. The molecule has 0 saturated carbocycles. The Balaban J connectivity index is 1.54. The van der Waals surface area contributed by atoms with Crippen LogP contribution < -0.4 is 9.64 Å². The van der Waals surface area contributed by atoms with Gasteiger partial charge in [0.15, 0.2) is 4.32 Å². The van der Waals surface area contributed by atoms with E-state index in [-0.39, 0.29) is 31.8 Å². The van der Waals surface area contributed by atoms with Crippen molar-refractivity contribution < 1.29 is 27.1 Å². The molecule has 1 aliphatic rings. The highest BCUT2D eigenvalue weighted by atomic mass is 35.5. The molecule has 5 nitrogen and oxygen atoms in total. The van der Waals surface area contributed by atoms with Crippen LogP contribution in [0.15, 0.2) is 59.6 Å². The molecule has 3 aromatic rings. The number of alkyl halides is 3. The van der Waals surface area contributed by atoms with Gasteiger partial charge in [0.25, 0.3) is 11.8 Å². The summed E-state index contributed by atoms with van der Waals surface area (Å²) < 4.78 is 58.3. The summed E-state index contributed by atoms with van der Waals surface area (Å²) in [6, 6.07) is 10.6. The van der Waals surface area contributed by atoms with Gasteiger partial charge in [-0.2, -0.15) is 22.5 Å². The molecule has 1 aliphatic heterocycles. The molecular weight excluding hydrogens is 502 g/mol. The van der Waals surface area contributed by atoms with E-state index in [2.05, 4.69) is 9.97 Å². The Morgan fingerprint density at radius 1 is 1.15 bits per heavy atom. The summed E-state index contributed by atoms with van der Waals surface area (Å²) in [6.45, 7) is 0. The number of aromatic nitrogens is 2. The Kier molecular flexibility index (Phi) is 6.37. The van der Waals surface area contributed by atoms with Crippen LogP contribution in [-0.2, 0) is 11.0 Å².